The molecule has 17 heavy (non-hydrogen) atoms. The molecule has 3 nitrogen and oxygen atoms in total. The molecule has 1 aliphatic rings. The Balaban J connectivity index is 2.01. The van der Waals surface area contributed by atoms with Crippen LogP contribution in [0.1, 0.15) is 56.5 Å². The van der Waals surface area contributed by atoms with Crippen molar-refractivity contribution in [1.29, 1.82) is 0 Å². The number of hydrogen-bond donors (Lipinski definition) is 1. The Bertz CT molecular complexity index is 364. The normalized spacial score (nSPS) is 27.1. The third-order valence-corrected chi connectivity index (χ3v) is 4.26. The fraction of sp³-hybridized carbons (Fsp3) is 0.786. The summed E-state index contributed by atoms with van der Waals surface area (Å²) in [5, 5.41) is 14.8. The van der Waals surface area contributed by atoms with Gasteiger partial charge in [-0.3, -0.25) is 4.68 Å². The second-order valence-electron chi connectivity index (χ2n) is 5.47. The van der Waals surface area contributed by atoms with Crippen LogP contribution in [0.4, 0.5) is 0 Å². The van der Waals surface area contributed by atoms with Gasteiger partial charge in [-0.05, 0) is 37.7 Å². The zero-order chi connectivity index (χ0) is 12.4. The molecule has 0 saturated heterocycles. The van der Waals surface area contributed by atoms with Crippen LogP contribution in [0.3, 0.4) is 0 Å². The van der Waals surface area contributed by atoms with Crippen LogP contribution in [-0.4, -0.2) is 14.9 Å². The highest BCUT2D eigenvalue weighted by Crippen LogP contribution is 2.37. The molecule has 1 aromatic rings. The van der Waals surface area contributed by atoms with Crippen molar-refractivity contribution in [3.63, 3.8) is 0 Å². The number of hydrogen-bond acceptors (Lipinski definition) is 2. The first kappa shape index (κ1) is 12.6. The Labute approximate surface area is 104 Å². The summed E-state index contributed by atoms with van der Waals surface area (Å²) in [7, 11) is 1.92. The largest absolute Gasteiger partial charge is 0.387 e. The van der Waals surface area contributed by atoms with Gasteiger partial charge in [-0.1, -0.05) is 26.2 Å². The molecule has 0 aromatic carbocycles. The van der Waals surface area contributed by atoms with Crippen LogP contribution in [0, 0.1) is 18.8 Å². The van der Waals surface area contributed by atoms with Gasteiger partial charge in [-0.25, -0.2) is 0 Å². The second-order valence-corrected chi connectivity index (χ2v) is 5.47. The first-order valence-electron chi connectivity index (χ1n) is 6.80. The van der Waals surface area contributed by atoms with Gasteiger partial charge >= 0.3 is 0 Å². The van der Waals surface area contributed by atoms with Crippen LogP contribution >= 0.6 is 0 Å². The molecule has 0 radical (unpaired) electrons. The lowest BCUT2D eigenvalue weighted by molar-refractivity contribution is 0.0665. The molecular formula is C14H24N2O. The lowest BCUT2D eigenvalue weighted by Crippen LogP contribution is -2.21. The first-order valence-corrected chi connectivity index (χ1v) is 6.80. The van der Waals surface area contributed by atoms with E-state index >= 15 is 0 Å². The molecule has 1 unspecified atom stereocenters. The molecule has 1 aromatic heterocycles. The molecule has 0 amide bonds. The molecular weight excluding hydrogens is 212 g/mol. The fourth-order valence-electron chi connectivity index (χ4n) is 3.06. The van der Waals surface area contributed by atoms with E-state index in [4.69, 9.17) is 0 Å². The first-order chi connectivity index (χ1) is 8.11. The van der Waals surface area contributed by atoms with E-state index < -0.39 is 0 Å². The minimum Gasteiger partial charge on any atom is -0.387 e. The van der Waals surface area contributed by atoms with E-state index in [9.17, 15) is 5.11 Å². The van der Waals surface area contributed by atoms with E-state index in [1.807, 2.05) is 24.7 Å². The maximum absolute atomic E-state index is 10.4. The van der Waals surface area contributed by atoms with Crippen molar-refractivity contribution in [2.45, 2.75) is 52.1 Å². The van der Waals surface area contributed by atoms with Crippen molar-refractivity contribution >= 4 is 0 Å². The Morgan fingerprint density at radius 3 is 2.53 bits per heavy atom. The van der Waals surface area contributed by atoms with Crippen molar-refractivity contribution in [3.8, 4) is 0 Å². The van der Waals surface area contributed by atoms with Gasteiger partial charge in [0.2, 0.25) is 0 Å². The van der Waals surface area contributed by atoms with Crippen LogP contribution in [0.5, 0.6) is 0 Å². The minimum atomic E-state index is -0.334. The van der Waals surface area contributed by atoms with Crippen molar-refractivity contribution in [1.82, 2.24) is 9.78 Å². The maximum atomic E-state index is 10.4. The smallest absolute Gasteiger partial charge is 0.0984 e. The van der Waals surface area contributed by atoms with Gasteiger partial charge in [-0.2, -0.15) is 5.10 Å². The summed E-state index contributed by atoms with van der Waals surface area (Å²) in [6, 6.07) is 2.01. The van der Waals surface area contributed by atoms with E-state index in [1.165, 1.54) is 19.3 Å². The van der Waals surface area contributed by atoms with Crippen LogP contribution in [0.25, 0.3) is 0 Å². The van der Waals surface area contributed by atoms with Crippen molar-refractivity contribution < 1.29 is 5.11 Å². The van der Waals surface area contributed by atoms with Crippen LogP contribution in [0.2, 0.25) is 0 Å². The molecule has 96 valence electrons. The van der Waals surface area contributed by atoms with Gasteiger partial charge < -0.3 is 5.11 Å². The third kappa shape index (κ3) is 2.71. The summed E-state index contributed by atoms with van der Waals surface area (Å²) in [4.78, 5) is 0. The summed E-state index contributed by atoms with van der Waals surface area (Å²) in [5.41, 5.74) is 1.96. The molecule has 2 rings (SSSR count). The summed E-state index contributed by atoms with van der Waals surface area (Å²) >= 11 is 0. The van der Waals surface area contributed by atoms with E-state index in [0.29, 0.717) is 5.92 Å². The number of aryl methyl sites for hydroxylation is 2. The number of aliphatic hydroxyl groups is 1. The topological polar surface area (TPSA) is 38.1 Å². The zero-order valence-electron chi connectivity index (χ0n) is 11.2. The minimum absolute atomic E-state index is 0.334. The Morgan fingerprint density at radius 1 is 1.41 bits per heavy atom. The molecule has 1 aliphatic carbocycles. The van der Waals surface area contributed by atoms with Crippen LogP contribution < -0.4 is 0 Å². The molecule has 1 N–H and O–H groups in total. The molecule has 3 heteroatoms. The zero-order valence-corrected chi connectivity index (χ0v) is 11.2. The highest BCUT2D eigenvalue weighted by molar-refractivity contribution is 5.12. The molecule has 0 aliphatic heterocycles. The average molecular weight is 236 g/mol. The number of aromatic nitrogens is 2. The van der Waals surface area contributed by atoms with Gasteiger partial charge in [-0.15, -0.1) is 0 Å². The molecule has 1 atom stereocenters. The van der Waals surface area contributed by atoms with Gasteiger partial charge in [0.25, 0.3) is 0 Å². The number of rotatable bonds is 3. The lowest BCUT2D eigenvalue weighted by atomic mass is 9.78. The van der Waals surface area contributed by atoms with E-state index in [-0.39, 0.29) is 6.10 Å². The Kier molecular flexibility index (Phi) is 3.87. The van der Waals surface area contributed by atoms with Gasteiger partial charge in [0, 0.05) is 7.05 Å². The second kappa shape index (κ2) is 5.21. The van der Waals surface area contributed by atoms with E-state index in [2.05, 4.69) is 12.0 Å². The molecule has 0 bridgehead atoms. The predicted molar refractivity (Wildman–Crippen MR) is 68.6 cm³/mol. The number of nitrogens with zero attached hydrogens (tertiary/aromatic N) is 2. The summed E-state index contributed by atoms with van der Waals surface area (Å²) in [6.45, 7) is 4.25. The Hall–Kier alpha value is -0.830. The molecule has 1 fully saturated rings. The summed E-state index contributed by atoms with van der Waals surface area (Å²) in [5.74, 6) is 1.30. The quantitative estimate of drug-likeness (QED) is 0.876. The highest BCUT2D eigenvalue weighted by Gasteiger charge is 2.28. The monoisotopic (exact) mass is 236 g/mol. The number of aliphatic hydroxyl groups excluding tert-OH is 1. The summed E-state index contributed by atoms with van der Waals surface area (Å²) < 4.78 is 1.83. The molecule has 1 saturated carbocycles. The van der Waals surface area contributed by atoms with E-state index in [1.54, 1.807) is 0 Å². The molecule has 1 heterocycles. The Morgan fingerprint density at radius 2 is 2.06 bits per heavy atom. The van der Waals surface area contributed by atoms with Crippen LogP contribution in [0.15, 0.2) is 6.07 Å². The SMILES string of the molecule is CCC1CCC(C(O)c2cc(C)nn2C)CC1. The van der Waals surface area contributed by atoms with Crippen molar-refractivity contribution in [2.24, 2.45) is 18.9 Å². The van der Waals surface area contributed by atoms with Gasteiger partial charge in [0.05, 0.1) is 17.5 Å². The lowest BCUT2D eigenvalue weighted by Gasteiger charge is -2.31. The van der Waals surface area contributed by atoms with Crippen molar-refractivity contribution in [2.75, 3.05) is 0 Å². The van der Waals surface area contributed by atoms with Gasteiger partial charge in [0.1, 0.15) is 0 Å². The fourth-order valence-corrected chi connectivity index (χ4v) is 3.06. The van der Waals surface area contributed by atoms with Gasteiger partial charge in [0.15, 0.2) is 0 Å². The average Bonchev–Trinajstić information content (AvgIpc) is 2.68. The molecule has 0 spiro atoms. The maximum Gasteiger partial charge on any atom is 0.0984 e. The highest BCUT2D eigenvalue weighted by atomic mass is 16.3. The van der Waals surface area contributed by atoms with E-state index in [0.717, 1.165) is 30.1 Å². The summed E-state index contributed by atoms with van der Waals surface area (Å²) in [6.07, 6.45) is 5.81. The predicted octanol–water partition coefficient (Wildman–Crippen LogP) is 2.98. The van der Waals surface area contributed by atoms with Crippen LogP contribution in [-0.2, 0) is 7.05 Å². The third-order valence-electron chi connectivity index (χ3n) is 4.26. The van der Waals surface area contributed by atoms with Crippen molar-refractivity contribution in [3.05, 3.63) is 17.5 Å². The standard InChI is InChI=1S/C14H24N2O/c1-4-11-5-7-12(8-6-11)14(17)13-9-10(2)15-16(13)3/h9,11-12,14,17H,4-8H2,1-3H3.